The molecule has 2 atom stereocenters. The summed E-state index contributed by atoms with van der Waals surface area (Å²) in [7, 11) is 2.82. The van der Waals surface area contributed by atoms with Gasteiger partial charge in [0.15, 0.2) is 13.1 Å². The molecule has 14 heteroatoms. The van der Waals surface area contributed by atoms with Gasteiger partial charge in [0.2, 0.25) is 0 Å². The minimum absolute atomic E-state index is 0. The molecule has 0 aliphatic heterocycles. The van der Waals surface area contributed by atoms with E-state index in [2.05, 4.69) is 10.6 Å². The quantitative estimate of drug-likeness (QED) is 0.140. The normalized spacial score (nSPS) is 13.3. The van der Waals surface area contributed by atoms with Crippen molar-refractivity contribution in [2.45, 2.75) is 0 Å². The summed E-state index contributed by atoms with van der Waals surface area (Å²) in [4.78, 5) is 57.0. The molecule has 2 amide bonds. The number of carboxylic acids is 3. The van der Waals surface area contributed by atoms with Gasteiger partial charge in [-0.1, -0.05) is 0 Å². The Kier molecular flexibility index (Phi) is 17.6. The summed E-state index contributed by atoms with van der Waals surface area (Å²) in [5.74, 6) is -4.78. The Balaban J connectivity index is -0.00000392. The van der Waals surface area contributed by atoms with Gasteiger partial charge in [-0.05, 0) is 0 Å². The minimum Gasteiger partial charge on any atom is -0.544 e. The van der Waals surface area contributed by atoms with Crippen LogP contribution in [0.4, 0.5) is 0 Å². The zero-order valence-corrected chi connectivity index (χ0v) is 19.5. The molecule has 0 bridgehead atoms. The van der Waals surface area contributed by atoms with Gasteiger partial charge in [-0.15, -0.1) is 0 Å². The smallest absolute Gasteiger partial charge is 0.544 e. The van der Waals surface area contributed by atoms with Crippen molar-refractivity contribution in [3.8, 4) is 0 Å². The van der Waals surface area contributed by atoms with Gasteiger partial charge in [0.1, 0.15) is 45.8 Å². The first kappa shape index (κ1) is 30.7. The Morgan fingerprint density at radius 1 is 0.600 bits per heavy atom. The second-order valence-electron chi connectivity index (χ2n) is 6.60. The van der Waals surface area contributed by atoms with E-state index in [0.29, 0.717) is 14.7 Å². The number of quaternary nitrogens is 3. The number of aliphatic carboxylic acids is 3. The molecule has 0 saturated carbocycles. The van der Waals surface area contributed by atoms with Crippen LogP contribution in [0.25, 0.3) is 0 Å². The van der Waals surface area contributed by atoms with Crippen LogP contribution in [0.5, 0.6) is 0 Å². The largest absolute Gasteiger partial charge is 2.00 e. The van der Waals surface area contributed by atoms with Gasteiger partial charge >= 0.3 is 39.2 Å². The summed E-state index contributed by atoms with van der Waals surface area (Å²) in [5.41, 5.74) is 0. The fourth-order valence-corrected chi connectivity index (χ4v) is 2.73. The van der Waals surface area contributed by atoms with Crippen molar-refractivity contribution in [1.82, 2.24) is 10.6 Å². The average molecular weight is 461 g/mol. The average Bonchev–Trinajstić information content (AvgIpc) is 2.61. The molecule has 30 heavy (non-hydrogen) atoms. The molecule has 0 aromatic carbocycles. The van der Waals surface area contributed by atoms with Gasteiger partial charge in [-0.2, -0.15) is 0 Å². The first-order chi connectivity index (χ1) is 13.6. The Bertz CT molecular complexity index is 556. The number of carbonyl (C=O) groups excluding carboxylic acids is 5. The maximum Gasteiger partial charge on any atom is 2.00 e. The summed E-state index contributed by atoms with van der Waals surface area (Å²) in [6.07, 6.45) is 0. The molecule has 0 heterocycles. The van der Waals surface area contributed by atoms with E-state index >= 15 is 0 Å². The number of carbonyl (C=O) groups is 5. The topological polar surface area (TPSA) is 192 Å². The molecular weight excluding hydrogens is 430 g/mol. The van der Waals surface area contributed by atoms with Crippen LogP contribution in [0, 0.1) is 0 Å². The van der Waals surface area contributed by atoms with E-state index in [1.807, 2.05) is 0 Å². The number of rotatable bonds is 16. The molecule has 0 aliphatic rings. The van der Waals surface area contributed by atoms with Crippen molar-refractivity contribution in [3.05, 3.63) is 0 Å². The molecular formula is C16H30CaN5O8+3. The third-order valence-corrected chi connectivity index (χ3v) is 4.23. The molecule has 0 aromatic heterocycles. The number of amides is 2. The van der Waals surface area contributed by atoms with Gasteiger partial charge < -0.3 is 55.0 Å². The van der Waals surface area contributed by atoms with Crippen LogP contribution < -0.4 is 40.7 Å². The second-order valence-corrected chi connectivity index (χ2v) is 6.60. The monoisotopic (exact) mass is 460 g/mol. The van der Waals surface area contributed by atoms with E-state index in [9.17, 15) is 39.3 Å². The van der Waals surface area contributed by atoms with Crippen LogP contribution in [0.3, 0.4) is 0 Å². The zero-order chi connectivity index (χ0) is 22.4. The van der Waals surface area contributed by atoms with Crippen molar-refractivity contribution in [2.75, 3.05) is 73.0 Å². The number of carboxylic acid groups (broad SMARTS) is 3. The third kappa shape index (κ3) is 16.3. The van der Waals surface area contributed by atoms with Gasteiger partial charge in [-0.25, -0.2) is 0 Å². The molecule has 0 aromatic rings. The predicted molar refractivity (Wildman–Crippen MR) is 96.7 cm³/mol. The maximum absolute atomic E-state index is 11.5. The maximum atomic E-state index is 11.5. The molecule has 0 fully saturated rings. The molecule has 0 rings (SSSR count). The molecule has 0 spiro atoms. The Morgan fingerprint density at radius 3 is 1.13 bits per heavy atom. The van der Waals surface area contributed by atoms with Crippen LogP contribution in [0.1, 0.15) is 1.43 Å². The van der Waals surface area contributed by atoms with E-state index in [1.54, 1.807) is 0 Å². The van der Waals surface area contributed by atoms with Gasteiger partial charge in [0.05, 0.1) is 17.9 Å². The molecule has 0 saturated heterocycles. The zero-order valence-electron chi connectivity index (χ0n) is 18.3. The van der Waals surface area contributed by atoms with Crippen molar-refractivity contribution < 1.29 is 55.4 Å². The Labute approximate surface area is 205 Å². The number of hydrogen-bond donors (Lipinski definition) is 5. The van der Waals surface area contributed by atoms with E-state index in [-0.39, 0.29) is 90.2 Å². The summed E-state index contributed by atoms with van der Waals surface area (Å²) >= 11 is 0. The molecule has 0 radical (unpaired) electrons. The van der Waals surface area contributed by atoms with Crippen molar-refractivity contribution in [2.24, 2.45) is 0 Å². The van der Waals surface area contributed by atoms with Crippen LogP contribution in [-0.2, 0) is 24.0 Å². The SMILES string of the molecule is CNC(=O)C[NH+](CC[NH+](CC[NH+](CC(=O)[O-])CC(=O)NC)CC(=O)[O-])CC(=O)[O-].[Ca+2].[H+]. The second kappa shape index (κ2) is 17.2. The number of likely N-dealkylation sites (N-methyl/N-ethyl adjacent to an activating group) is 2. The first-order valence-electron chi connectivity index (χ1n) is 9.08. The third-order valence-electron chi connectivity index (χ3n) is 4.23. The van der Waals surface area contributed by atoms with Gasteiger partial charge in [-0.3, -0.25) is 9.59 Å². The minimum atomic E-state index is -1.35. The summed E-state index contributed by atoms with van der Waals surface area (Å²) in [5, 5.41) is 37.5. The predicted octanol–water partition coefficient (Wildman–Crippen LogP) is -11.9. The van der Waals surface area contributed by atoms with E-state index in [1.165, 1.54) is 14.1 Å². The molecule has 2 unspecified atom stereocenters. The van der Waals surface area contributed by atoms with Crippen molar-refractivity contribution >= 4 is 67.5 Å². The van der Waals surface area contributed by atoms with Crippen molar-refractivity contribution in [1.29, 1.82) is 0 Å². The molecule has 0 aliphatic carbocycles. The van der Waals surface area contributed by atoms with Crippen LogP contribution in [0.2, 0.25) is 0 Å². The van der Waals surface area contributed by atoms with Gasteiger partial charge in [0, 0.05) is 14.1 Å². The van der Waals surface area contributed by atoms with E-state index < -0.39 is 37.5 Å². The number of hydrogen-bond acceptors (Lipinski definition) is 8. The molecule has 13 nitrogen and oxygen atoms in total. The Morgan fingerprint density at radius 2 is 0.867 bits per heavy atom. The number of nitrogens with one attached hydrogen (secondary N) is 5. The first-order valence-corrected chi connectivity index (χ1v) is 9.08. The fourth-order valence-electron chi connectivity index (χ4n) is 2.73. The fraction of sp³-hybridized carbons (Fsp3) is 0.688. The summed E-state index contributed by atoms with van der Waals surface area (Å²) in [6, 6.07) is 0. The van der Waals surface area contributed by atoms with Gasteiger partial charge in [0.25, 0.3) is 11.8 Å². The molecule has 166 valence electrons. The van der Waals surface area contributed by atoms with Crippen LogP contribution in [-0.4, -0.2) is 140 Å². The standard InChI is InChI=1S/C16H29N5O8.Ca/c1-17-12(22)7-20(10-15(26)27)5-3-19(9-14(24)25)4-6-21(11-16(28)29)8-13(23)18-2;/h3-11H2,1-2H3,(H,17,22)(H,18,23)(H,24,25)(H,26,27)(H,28,29);/q;+2/p+1. The van der Waals surface area contributed by atoms with E-state index in [0.717, 1.165) is 0 Å². The van der Waals surface area contributed by atoms with Crippen LogP contribution >= 0.6 is 0 Å². The molecule has 5 N–H and O–H groups in total. The Hall–Kier alpha value is -1.51. The van der Waals surface area contributed by atoms with Crippen LogP contribution in [0.15, 0.2) is 0 Å². The summed E-state index contributed by atoms with van der Waals surface area (Å²) < 4.78 is 0. The van der Waals surface area contributed by atoms with Crippen molar-refractivity contribution in [3.63, 3.8) is 0 Å². The summed E-state index contributed by atoms with van der Waals surface area (Å²) in [6.45, 7) is -0.792. The van der Waals surface area contributed by atoms with E-state index in [4.69, 9.17) is 0 Å².